The van der Waals surface area contributed by atoms with Crippen molar-refractivity contribution in [1.82, 2.24) is 0 Å². The third kappa shape index (κ3) is 11.8. The van der Waals surface area contributed by atoms with Crippen molar-refractivity contribution in [3.05, 3.63) is 0 Å². The first kappa shape index (κ1) is 45.6. The van der Waals surface area contributed by atoms with Crippen molar-refractivity contribution in [3.8, 4) is 11.8 Å². The lowest BCUT2D eigenvalue weighted by Gasteiger charge is -2.47. The highest BCUT2D eigenvalue weighted by Crippen LogP contribution is 2.49. The normalized spacial score (nSPS) is 42.0. The van der Waals surface area contributed by atoms with E-state index in [4.69, 9.17) is 10.5 Å². The number of ether oxygens (including phenoxy) is 1. The van der Waals surface area contributed by atoms with Crippen LogP contribution in [0.2, 0.25) is 0 Å². The smallest absolute Gasteiger partial charge is 0.150 e. The van der Waals surface area contributed by atoms with Gasteiger partial charge in [0, 0.05) is 50.0 Å². The van der Waals surface area contributed by atoms with Crippen molar-refractivity contribution < 1.29 is 40.3 Å². The lowest BCUT2D eigenvalue weighted by atomic mass is 9.60. The van der Waals surface area contributed by atoms with Crippen LogP contribution in [0, 0.1) is 82.9 Å². The molecule has 59 heavy (non-hydrogen) atoms. The van der Waals surface area contributed by atoms with E-state index in [9.17, 15) is 24.9 Å². The van der Waals surface area contributed by atoms with Gasteiger partial charge in [0.15, 0.2) is 0 Å². The first-order valence-corrected chi connectivity index (χ1v) is 25.1. The number of hydrogen-bond acceptors (Lipinski definition) is 7. The molecular formula is C50H85N3O6+2. The van der Waals surface area contributed by atoms with Gasteiger partial charge in [0.2, 0.25) is 0 Å². The number of carbonyl (C=O) groups excluding carboxylic acids is 2. The quantitative estimate of drug-likeness (QED) is 0.101. The molecule has 5 aliphatic carbocycles. The number of quaternary nitrogens is 2. The molecule has 2 heterocycles. The summed E-state index contributed by atoms with van der Waals surface area (Å²) in [5.41, 5.74) is 6.65. The van der Waals surface area contributed by atoms with E-state index in [1.54, 1.807) is 7.11 Å². The highest BCUT2D eigenvalue weighted by molar-refractivity contribution is 5.84. The van der Waals surface area contributed by atoms with Gasteiger partial charge in [-0.25, -0.2) is 0 Å². The van der Waals surface area contributed by atoms with Gasteiger partial charge in [-0.3, -0.25) is 15.3 Å². The van der Waals surface area contributed by atoms with Crippen LogP contribution in [0.25, 0.3) is 0 Å². The number of fused-ring (bicyclic) bond motifs is 3. The first-order chi connectivity index (χ1) is 28.6. The molecule has 0 spiro atoms. The summed E-state index contributed by atoms with van der Waals surface area (Å²) in [4.78, 5) is 25.8. The zero-order valence-corrected chi connectivity index (χ0v) is 37.1. The standard InChI is InChI=1S/C50H83N3O6/c1-3-32-30-53-50(51)28-44(32)43(36-13-12-33-9-5-6-10-35(33)23-36)25-39(54)18-14-34-16-20-41(47(57)21-17-37-24-49(59-2)48(58)27-42(34)37)46(56)11-7-4-8-31-22-38-15-19-40(55)26-45(38)52-29-31/h31-39,41-46,48-50,52-54,56,58H,3-15,17-19,21-30,51H2,1-2H3/p+2/t31-,32?,33?,34+,35?,36?,37?,38+,39-,41-,42?,43-,44?,45-,46-,48?,49?,50?/m1/s1. The zero-order chi connectivity index (χ0) is 41.5. The molecule has 0 radical (unpaired) electrons. The Balaban J connectivity index is 1.00. The van der Waals surface area contributed by atoms with Gasteiger partial charge >= 0.3 is 0 Å². The molecule has 2 saturated heterocycles. The summed E-state index contributed by atoms with van der Waals surface area (Å²) in [5.74, 6) is 12.5. The largest absolute Gasteiger partial charge is 0.393 e. The van der Waals surface area contributed by atoms with Gasteiger partial charge in [-0.05, 0) is 131 Å². The van der Waals surface area contributed by atoms with Crippen LogP contribution in [0.4, 0.5) is 0 Å². The number of Topliss-reactive ketones (excluding diaryl/α,β-unsaturated/α-hetero) is 2. The van der Waals surface area contributed by atoms with E-state index in [-0.39, 0.29) is 35.8 Å². The third-order valence-corrected chi connectivity index (χ3v) is 18.0. The topological polar surface area (TPSA) is 163 Å². The Labute approximate surface area is 357 Å². The average Bonchev–Trinajstić information content (AvgIpc) is 3.30. The Morgan fingerprint density at radius 1 is 0.831 bits per heavy atom. The van der Waals surface area contributed by atoms with E-state index in [2.05, 4.69) is 29.4 Å². The van der Waals surface area contributed by atoms with Crippen LogP contribution in [0.3, 0.4) is 0 Å². The summed E-state index contributed by atoms with van der Waals surface area (Å²) in [6, 6.07) is 0.484. The Morgan fingerprint density at radius 3 is 2.46 bits per heavy atom. The molecule has 2 aliphatic heterocycles. The van der Waals surface area contributed by atoms with Crippen LogP contribution >= 0.6 is 0 Å². The van der Waals surface area contributed by atoms with Crippen LogP contribution in [0.5, 0.6) is 0 Å². The molecule has 0 aromatic heterocycles. The molecule has 9 heteroatoms. The number of rotatable bonds is 15. The van der Waals surface area contributed by atoms with Crippen LogP contribution in [-0.2, 0) is 14.3 Å². The van der Waals surface area contributed by atoms with E-state index < -0.39 is 24.2 Å². The van der Waals surface area contributed by atoms with Gasteiger partial charge in [-0.15, -0.1) is 0 Å². The maximum Gasteiger partial charge on any atom is 0.150 e. The Bertz CT molecular complexity index is 1420. The molecule has 4 saturated carbocycles. The average molecular weight is 824 g/mol. The fourth-order valence-electron chi connectivity index (χ4n) is 14.5. The SMILES string of the molecule is CCC1C[NH2+]C(N)CC1[C@H](C[C@H](O)CC[C@H]1C#C[C@H]([C@H](O)CCCC[C@H]2C[NH2+][C@@H]3CC(=O)CC[C@H]3C2)C(=O)CCC2CC(OC)C(O)CC21)C1CCC2CCCCC2C1. The number of carbonyl (C=O) groups is 2. The van der Waals surface area contributed by atoms with Gasteiger partial charge < -0.3 is 30.7 Å². The molecule has 7 rings (SSSR count). The molecule has 0 bridgehead atoms. The first-order valence-electron chi connectivity index (χ1n) is 25.1. The number of piperidine rings is 2. The van der Waals surface area contributed by atoms with E-state index in [0.29, 0.717) is 79.4 Å². The maximum atomic E-state index is 13.8. The fourth-order valence-corrected chi connectivity index (χ4v) is 14.5. The number of nitrogens with two attached hydrogens (primary N) is 3. The van der Waals surface area contributed by atoms with E-state index in [0.717, 1.165) is 89.1 Å². The Morgan fingerprint density at radius 2 is 1.64 bits per heavy atom. The minimum atomic E-state index is -0.782. The van der Waals surface area contributed by atoms with Gasteiger partial charge in [0.1, 0.15) is 23.7 Å². The lowest BCUT2D eigenvalue weighted by Crippen LogP contribution is -2.96. The number of aliphatic hydroxyl groups excluding tert-OH is 3. The molecule has 9 N–H and O–H groups in total. The highest BCUT2D eigenvalue weighted by atomic mass is 16.5. The zero-order valence-electron chi connectivity index (χ0n) is 37.1. The second-order valence-corrected chi connectivity index (χ2v) is 21.5. The molecular weight excluding hydrogens is 739 g/mol. The predicted molar refractivity (Wildman–Crippen MR) is 230 cm³/mol. The summed E-state index contributed by atoms with van der Waals surface area (Å²) in [6.45, 7) is 4.53. The molecule has 0 aromatic rings. The van der Waals surface area contributed by atoms with E-state index >= 15 is 0 Å². The second-order valence-electron chi connectivity index (χ2n) is 21.5. The molecule has 9 nitrogen and oxygen atoms in total. The fraction of sp³-hybridized carbons (Fsp3) is 0.920. The second kappa shape index (κ2) is 21.8. The molecule has 18 atom stereocenters. The Kier molecular flexibility index (Phi) is 16.9. The predicted octanol–water partition coefficient (Wildman–Crippen LogP) is 4.88. The Hall–Kier alpha value is -1.38. The van der Waals surface area contributed by atoms with Crippen LogP contribution in [0.1, 0.15) is 161 Å². The molecule has 6 fully saturated rings. The van der Waals surface area contributed by atoms with Gasteiger partial charge in [-0.1, -0.05) is 57.3 Å². The lowest BCUT2D eigenvalue weighted by molar-refractivity contribution is -0.711. The molecule has 0 aromatic carbocycles. The molecule has 334 valence electrons. The number of unbranched alkanes of at least 4 members (excludes halogenated alkanes) is 1. The summed E-state index contributed by atoms with van der Waals surface area (Å²) >= 11 is 0. The van der Waals surface area contributed by atoms with Gasteiger partial charge in [0.25, 0.3) is 0 Å². The monoisotopic (exact) mass is 824 g/mol. The number of ketones is 2. The summed E-state index contributed by atoms with van der Waals surface area (Å²) in [6.07, 6.45) is 21.9. The number of hydrogen-bond donors (Lipinski definition) is 6. The number of methoxy groups -OCH3 is 1. The van der Waals surface area contributed by atoms with Crippen molar-refractivity contribution >= 4 is 11.6 Å². The van der Waals surface area contributed by atoms with Crippen LogP contribution in [0.15, 0.2) is 0 Å². The van der Waals surface area contributed by atoms with Crippen molar-refractivity contribution in [1.29, 1.82) is 0 Å². The van der Waals surface area contributed by atoms with Crippen LogP contribution in [-0.4, -0.2) is 83.7 Å². The number of aliphatic hydroxyl groups is 3. The third-order valence-electron chi connectivity index (χ3n) is 18.0. The molecule has 10 unspecified atom stereocenters. The van der Waals surface area contributed by atoms with E-state index in [1.807, 2.05) is 0 Å². The summed E-state index contributed by atoms with van der Waals surface area (Å²) in [5, 5.41) is 39.6. The van der Waals surface area contributed by atoms with Crippen molar-refractivity contribution in [3.63, 3.8) is 0 Å². The van der Waals surface area contributed by atoms with Crippen LogP contribution < -0.4 is 16.4 Å². The summed E-state index contributed by atoms with van der Waals surface area (Å²) < 4.78 is 5.74. The van der Waals surface area contributed by atoms with Crippen molar-refractivity contribution in [2.45, 2.75) is 198 Å². The summed E-state index contributed by atoms with van der Waals surface area (Å²) in [7, 11) is 1.67. The maximum absolute atomic E-state index is 13.8. The van der Waals surface area contributed by atoms with Crippen molar-refractivity contribution in [2.75, 3.05) is 20.2 Å². The van der Waals surface area contributed by atoms with E-state index in [1.165, 1.54) is 57.8 Å². The van der Waals surface area contributed by atoms with Crippen molar-refractivity contribution in [2.24, 2.45) is 76.7 Å². The molecule has 0 amide bonds. The van der Waals surface area contributed by atoms with Gasteiger partial charge in [0.05, 0.1) is 50.0 Å². The highest BCUT2D eigenvalue weighted by Gasteiger charge is 2.45. The van der Waals surface area contributed by atoms with Gasteiger partial charge in [-0.2, -0.15) is 0 Å². The molecule has 7 aliphatic rings. The minimum absolute atomic E-state index is 0.0493. The minimum Gasteiger partial charge on any atom is -0.393 e.